The lowest BCUT2D eigenvalue weighted by molar-refractivity contribution is -0.135. The number of rotatable bonds is 12. The zero-order valence-electron chi connectivity index (χ0n) is 26.5. The van der Waals surface area contributed by atoms with Crippen LogP contribution in [0, 0.1) is 23.5 Å². The summed E-state index contributed by atoms with van der Waals surface area (Å²) in [5.41, 5.74) is 0.636. The molecule has 3 fully saturated rings. The number of carbonyl (C=O) groups is 1. The van der Waals surface area contributed by atoms with Gasteiger partial charge in [-0.3, -0.25) is 4.79 Å². The zero-order valence-corrected chi connectivity index (χ0v) is 28.1. The fourth-order valence-corrected chi connectivity index (χ4v) is 9.16. The van der Waals surface area contributed by atoms with Gasteiger partial charge in [-0.2, -0.15) is 0 Å². The standard InChI is InChI=1S/C31H50F2N4O5S2/c1-4-12-37(31(38)20-24-5-16-35(17-6-24)43(2,39)40)29-9-13-34(14-10-29)15-11-30(26-21-27(32)23-28(33)22-26)25-7-18-36(19-8-25)44(3,41)42/h21-25,29-30H,4-20H2,1-3H3/t30-/m1/s1. The van der Waals surface area contributed by atoms with Crippen molar-refractivity contribution in [3.8, 4) is 0 Å². The Morgan fingerprint density at radius 3 is 1.86 bits per heavy atom. The van der Waals surface area contributed by atoms with Crippen LogP contribution in [0.2, 0.25) is 0 Å². The van der Waals surface area contributed by atoms with Crippen LogP contribution in [0.25, 0.3) is 0 Å². The second-order valence-electron chi connectivity index (χ2n) is 13.1. The Balaban J connectivity index is 1.32. The molecule has 3 saturated heterocycles. The van der Waals surface area contributed by atoms with Crippen molar-refractivity contribution < 1.29 is 30.4 Å². The van der Waals surface area contributed by atoms with Gasteiger partial charge in [0.25, 0.3) is 0 Å². The van der Waals surface area contributed by atoms with Gasteiger partial charge in [-0.15, -0.1) is 0 Å². The average Bonchev–Trinajstić information content (AvgIpc) is 2.95. The summed E-state index contributed by atoms with van der Waals surface area (Å²) in [5.74, 6) is -0.770. The Bertz CT molecular complexity index is 1300. The van der Waals surface area contributed by atoms with Gasteiger partial charge in [0.2, 0.25) is 26.0 Å². The molecule has 9 nitrogen and oxygen atoms in total. The van der Waals surface area contributed by atoms with Crippen LogP contribution in [-0.4, -0.2) is 112 Å². The van der Waals surface area contributed by atoms with Gasteiger partial charge in [-0.05, 0) is 93.4 Å². The maximum atomic E-state index is 14.2. The monoisotopic (exact) mass is 660 g/mol. The largest absolute Gasteiger partial charge is 0.340 e. The highest BCUT2D eigenvalue weighted by Gasteiger charge is 2.34. The highest BCUT2D eigenvalue weighted by molar-refractivity contribution is 7.88. The number of hydrogen-bond donors (Lipinski definition) is 0. The number of carbonyl (C=O) groups excluding carboxylic acids is 1. The SMILES string of the molecule is CCCN(C(=O)CC1CCN(S(C)(=O)=O)CC1)C1CCN(CC[C@@H](c2cc(F)cc(F)c2)C2CCN(S(C)(=O)=O)CC2)CC1. The molecule has 3 aliphatic heterocycles. The van der Waals surface area contributed by atoms with E-state index < -0.39 is 31.7 Å². The maximum Gasteiger partial charge on any atom is 0.223 e. The van der Waals surface area contributed by atoms with Gasteiger partial charge in [-0.25, -0.2) is 34.2 Å². The van der Waals surface area contributed by atoms with Gasteiger partial charge in [0.15, 0.2) is 0 Å². The van der Waals surface area contributed by atoms with E-state index in [-0.39, 0.29) is 29.7 Å². The van der Waals surface area contributed by atoms with Crippen molar-refractivity contribution in [2.24, 2.45) is 11.8 Å². The molecule has 1 amide bonds. The van der Waals surface area contributed by atoms with E-state index in [9.17, 15) is 30.4 Å². The van der Waals surface area contributed by atoms with Crippen LogP contribution in [0.3, 0.4) is 0 Å². The fourth-order valence-electron chi connectivity index (χ4n) is 7.41. The molecule has 0 spiro atoms. The van der Waals surface area contributed by atoms with Gasteiger partial charge in [-0.1, -0.05) is 6.92 Å². The van der Waals surface area contributed by atoms with Crippen molar-refractivity contribution in [1.29, 1.82) is 0 Å². The minimum atomic E-state index is -3.27. The molecule has 0 radical (unpaired) electrons. The van der Waals surface area contributed by atoms with Crippen molar-refractivity contribution in [2.75, 3.05) is 64.9 Å². The van der Waals surface area contributed by atoms with E-state index in [0.29, 0.717) is 70.4 Å². The second-order valence-corrected chi connectivity index (χ2v) is 17.0. The molecule has 1 aromatic carbocycles. The summed E-state index contributed by atoms with van der Waals surface area (Å²) in [6, 6.07) is 3.90. The smallest absolute Gasteiger partial charge is 0.223 e. The van der Waals surface area contributed by atoms with Gasteiger partial charge >= 0.3 is 0 Å². The van der Waals surface area contributed by atoms with Crippen LogP contribution < -0.4 is 0 Å². The number of hydrogen-bond acceptors (Lipinski definition) is 6. The lowest BCUT2D eigenvalue weighted by Crippen LogP contribution is -2.48. The summed E-state index contributed by atoms with van der Waals surface area (Å²) < 4.78 is 79.2. The third-order valence-corrected chi connectivity index (χ3v) is 12.5. The second kappa shape index (κ2) is 15.3. The highest BCUT2D eigenvalue weighted by Crippen LogP contribution is 2.37. The predicted molar refractivity (Wildman–Crippen MR) is 168 cm³/mol. The Morgan fingerprint density at radius 1 is 0.841 bits per heavy atom. The van der Waals surface area contributed by atoms with E-state index in [2.05, 4.69) is 11.8 Å². The molecule has 0 saturated carbocycles. The molecule has 0 unspecified atom stereocenters. The van der Waals surface area contributed by atoms with Crippen LogP contribution in [-0.2, 0) is 24.8 Å². The molecule has 0 N–H and O–H groups in total. The minimum absolute atomic E-state index is 0.0769. The molecule has 1 aromatic rings. The molecule has 3 aliphatic rings. The van der Waals surface area contributed by atoms with Crippen LogP contribution >= 0.6 is 0 Å². The molecule has 44 heavy (non-hydrogen) atoms. The summed E-state index contributed by atoms with van der Waals surface area (Å²) in [5, 5.41) is 0. The molecule has 4 rings (SSSR count). The third-order valence-electron chi connectivity index (χ3n) is 9.89. The van der Waals surface area contributed by atoms with Crippen LogP contribution in [0.4, 0.5) is 8.78 Å². The fraction of sp³-hybridized carbons (Fsp3) is 0.774. The number of benzene rings is 1. The topological polar surface area (TPSA) is 98.3 Å². The number of amides is 1. The molecule has 13 heteroatoms. The molecule has 0 bridgehead atoms. The number of likely N-dealkylation sites (tertiary alicyclic amines) is 1. The van der Waals surface area contributed by atoms with Crippen molar-refractivity contribution in [3.05, 3.63) is 35.4 Å². The molecular weight excluding hydrogens is 610 g/mol. The van der Waals surface area contributed by atoms with Crippen molar-refractivity contribution >= 4 is 26.0 Å². The van der Waals surface area contributed by atoms with Gasteiger partial charge in [0.05, 0.1) is 12.5 Å². The van der Waals surface area contributed by atoms with Crippen LogP contribution in [0.1, 0.15) is 76.2 Å². The molecule has 1 atom stereocenters. The normalized spacial score (nSPS) is 21.8. The first-order valence-electron chi connectivity index (χ1n) is 16.1. The van der Waals surface area contributed by atoms with Crippen molar-refractivity contribution in [3.63, 3.8) is 0 Å². The lowest BCUT2D eigenvalue weighted by atomic mass is 9.78. The molecule has 250 valence electrons. The summed E-state index contributed by atoms with van der Waals surface area (Å²) in [7, 11) is -6.46. The van der Waals surface area contributed by atoms with E-state index in [1.807, 2.05) is 4.90 Å². The summed E-state index contributed by atoms with van der Waals surface area (Å²) in [4.78, 5) is 17.9. The summed E-state index contributed by atoms with van der Waals surface area (Å²) in [6.07, 6.45) is 8.97. The van der Waals surface area contributed by atoms with Gasteiger partial charge < -0.3 is 9.80 Å². The Hall–Kier alpha value is -1.67. The Labute approximate surface area is 263 Å². The minimum Gasteiger partial charge on any atom is -0.340 e. The molecular formula is C31H50F2N4O5S2. The summed E-state index contributed by atoms with van der Waals surface area (Å²) >= 11 is 0. The number of nitrogens with zero attached hydrogens (tertiary/aromatic N) is 4. The number of sulfonamides is 2. The van der Waals surface area contributed by atoms with Crippen LogP contribution in [0.5, 0.6) is 0 Å². The average molecular weight is 661 g/mol. The van der Waals surface area contributed by atoms with E-state index in [4.69, 9.17) is 0 Å². The first-order valence-corrected chi connectivity index (χ1v) is 19.8. The van der Waals surface area contributed by atoms with Crippen LogP contribution in [0.15, 0.2) is 18.2 Å². The summed E-state index contributed by atoms with van der Waals surface area (Å²) in [6.45, 7) is 7.02. The maximum absolute atomic E-state index is 14.2. The predicted octanol–water partition coefficient (Wildman–Crippen LogP) is 3.87. The number of halogens is 2. The van der Waals surface area contributed by atoms with E-state index >= 15 is 0 Å². The van der Waals surface area contributed by atoms with Crippen molar-refractivity contribution in [1.82, 2.24) is 18.4 Å². The van der Waals surface area contributed by atoms with E-state index in [0.717, 1.165) is 51.4 Å². The zero-order chi connectivity index (χ0) is 32.1. The van der Waals surface area contributed by atoms with Crippen molar-refractivity contribution in [2.45, 2.75) is 76.7 Å². The van der Waals surface area contributed by atoms with E-state index in [1.54, 1.807) is 0 Å². The first-order chi connectivity index (χ1) is 20.7. The molecule has 0 aliphatic carbocycles. The first kappa shape index (κ1) is 35.2. The highest BCUT2D eigenvalue weighted by atomic mass is 32.2. The van der Waals surface area contributed by atoms with Gasteiger partial charge in [0.1, 0.15) is 11.6 Å². The third kappa shape index (κ3) is 9.67. The molecule has 3 heterocycles. The number of piperidine rings is 3. The van der Waals surface area contributed by atoms with Gasteiger partial charge in [0, 0.05) is 64.3 Å². The Kier molecular flexibility index (Phi) is 12.2. The lowest BCUT2D eigenvalue weighted by Gasteiger charge is -2.40. The molecule has 0 aromatic heterocycles. The quantitative estimate of drug-likeness (QED) is 0.338. The Morgan fingerprint density at radius 2 is 1.36 bits per heavy atom. The van der Waals surface area contributed by atoms with E-state index in [1.165, 1.54) is 33.3 Å².